The highest BCUT2D eigenvalue weighted by molar-refractivity contribution is 5.76. The van der Waals surface area contributed by atoms with Crippen LogP contribution in [0.4, 0.5) is 0 Å². The van der Waals surface area contributed by atoms with E-state index in [1.807, 2.05) is 6.08 Å². The van der Waals surface area contributed by atoms with Crippen molar-refractivity contribution in [2.45, 2.75) is 320 Å². The van der Waals surface area contributed by atoms with E-state index in [1.54, 1.807) is 6.08 Å². The standard InChI is InChI=1S/C65H117NO10/c1-3-5-7-9-11-13-15-16-17-23-27-30-33-37-41-45-49-53-61(70)74-54-50-46-42-38-34-31-28-25-22-20-18-19-21-24-26-29-32-36-40-44-48-52-60(69)66-57(56-75-65-64(73)63(72)62(71)59(55-67)76-65)58(68)51-47-43-39-35-14-12-10-8-6-4-2/h6,8,14,31,34-35,42,46-47,51,57-59,62-65,67-68,71-73H,3-5,7,9-13,15-30,32-33,36-41,43-45,48-50,52-56H2,1-2H3,(H,66,69)/b8-6+,34-31-,35-14+,46-42-,51-47+. The number of nitrogens with one attached hydrogen (secondary N) is 1. The van der Waals surface area contributed by atoms with Gasteiger partial charge in [0.2, 0.25) is 5.91 Å². The molecule has 1 heterocycles. The van der Waals surface area contributed by atoms with Crippen LogP contribution in [0.1, 0.15) is 277 Å². The lowest BCUT2D eigenvalue weighted by Gasteiger charge is -2.40. The average molecular weight is 1070 g/mol. The molecule has 1 fully saturated rings. The predicted molar refractivity (Wildman–Crippen MR) is 315 cm³/mol. The summed E-state index contributed by atoms with van der Waals surface area (Å²) in [5.74, 6) is -0.250. The van der Waals surface area contributed by atoms with Gasteiger partial charge in [-0.2, -0.15) is 0 Å². The Labute approximate surface area is 465 Å². The van der Waals surface area contributed by atoms with E-state index in [9.17, 15) is 35.1 Å². The Morgan fingerprint density at radius 1 is 0.500 bits per heavy atom. The Morgan fingerprint density at radius 2 is 0.934 bits per heavy atom. The van der Waals surface area contributed by atoms with Gasteiger partial charge in [0.15, 0.2) is 6.29 Å². The summed E-state index contributed by atoms with van der Waals surface area (Å²) in [4.78, 5) is 25.1. The van der Waals surface area contributed by atoms with E-state index in [4.69, 9.17) is 14.2 Å². The zero-order valence-electron chi connectivity index (χ0n) is 48.7. The van der Waals surface area contributed by atoms with Crippen LogP contribution in [0.25, 0.3) is 0 Å². The third-order valence-electron chi connectivity index (χ3n) is 14.6. The molecule has 1 amide bonds. The molecule has 0 radical (unpaired) electrons. The van der Waals surface area contributed by atoms with Gasteiger partial charge in [0, 0.05) is 12.8 Å². The van der Waals surface area contributed by atoms with Crippen molar-refractivity contribution in [3.63, 3.8) is 0 Å². The summed E-state index contributed by atoms with van der Waals surface area (Å²) in [5.41, 5.74) is 0. The molecule has 7 unspecified atom stereocenters. The monoisotopic (exact) mass is 1070 g/mol. The third-order valence-corrected chi connectivity index (χ3v) is 14.6. The maximum absolute atomic E-state index is 13.0. The van der Waals surface area contributed by atoms with E-state index >= 15 is 0 Å². The molecular weight excluding hydrogens is 955 g/mol. The number of aliphatic hydroxyl groups excluding tert-OH is 5. The van der Waals surface area contributed by atoms with Crippen LogP contribution in [0.15, 0.2) is 60.8 Å². The molecule has 1 aliphatic rings. The van der Waals surface area contributed by atoms with Gasteiger partial charge in [0.1, 0.15) is 24.4 Å². The van der Waals surface area contributed by atoms with Crippen molar-refractivity contribution >= 4 is 11.9 Å². The van der Waals surface area contributed by atoms with Crippen LogP contribution in [0.3, 0.4) is 0 Å². The molecule has 442 valence electrons. The zero-order valence-corrected chi connectivity index (χ0v) is 48.7. The molecule has 0 aliphatic carbocycles. The summed E-state index contributed by atoms with van der Waals surface area (Å²) >= 11 is 0. The second-order valence-corrected chi connectivity index (χ2v) is 21.7. The summed E-state index contributed by atoms with van der Waals surface area (Å²) in [6, 6.07) is -0.838. The fraction of sp³-hybridized carbons (Fsp3) is 0.815. The van der Waals surface area contributed by atoms with Crippen LogP contribution in [-0.4, -0.2) is 100 Å². The number of hydrogen-bond donors (Lipinski definition) is 6. The lowest BCUT2D eigenvalue weighted by molar-refractivity contribution is -0.302. The summed E-state index contributed by atoms with van der Waals surface area (Å²) in [6.45, 7) is 4.09. The van der Waals surface area contributed by atoms with E-state index in [0.717, 1.165) is 89.9 Å². The van der Waals surface area contributed by atoms with Gasteiger partial charge in [0.05, 0.1) is 32.0 Å². The fourth-order valence-electron chi connectivity index (χ4n) is 9.67. The lowest BCUT2D eigenvalue weighted by Crippen LogP contribution is -2.60. The zero-order chi connectivity index (χ0) is 55.2. The molecule has 0 bridgehead atoms. The van der Waals surface area contributed by atoms with E-state index in [-0.39, 0.29) is 18.5 Å². The average Bonchev–Trinajstić information content (AvgIpc) is 3.42. The molecular formula is C65H117NO10. The number of aliphatic hydroxyl groups is 5. The maximum atomic E-state index is 13.0. The Hall–Kier alpha value is -2.64. The largest absolute Gasteiger partial charge is 0.465 e. The molecule has 1 rings (SSSR count). The summed E-state index contributed by atoms with van der Waals surface area (Å²) in [5, 5.41) is 54.2. The molecule has 1 saturated heterocycles. The molecule has 0 aromatic rings. The third kappa shape index (κ3) is 43.3. The SMILES string of the molecule is CC/C=C/CC/C=C/CC/C=C/C(O)C(COC1OC(CO)C(O)C(O)C1O)NC(=O)CCCCCCCCCCCCCCCC/C=C\C/C=C\CCOC(=O)CCCCCCCCCCCCCCCCCCC. The fourth-order valence-corrected chi connectivity index (χ4v) is 9.67. The molecule has 7 atom stereocenters. The van der Waals surface area contributed by atoms with Crippen molar-refractivity contribution in [2.24, 2.45) is 0 Å². The van der Waals surface area contributed by atoms with Crippen LogP contribution in [-0.2, 0) is 23.8 Å². The van der Waals surface area contributed by atoms with Crippen molar-refractivity contribution in [1.29, 1.82) is 0 Å². The molecule has 0 saturated carbocycles. The van der Waals surface area contributed by atoms with Gasteiger partial charge < -0.3 is 45.1 Å². The maximum Gasteiger partial charge on any atom is 0.305 e. The quantitative estimate of drug-likeness (QED) is 0.0195. The number of hydrogen-bond acceptors (Lipinski definition) is 10. The van der Waals surface area contributed by atoms with E-state index in [2.05, 4.69) is 67.8 Å². The second kappa shape index (κ2) is 54.3. The minimum Gasteiger partial charge on any atom is -0.465 e. The molecule has 76 heavy (non-hydrogen) atoms. The Balaban J connectivity index is 2.02. The number of carbonyl (C=O) groups excluding carboxylic acids is 2. The van der Waals surface area contributed by atoms with Crippen molar-refractivity contribution in [2.75, 3.05) is 19.8 Å². The number of rotatable bonds is 54. The first-order valence-electron chi connectivity index (χ1n) is 31.6. The number of unbranched alkanes of at least 4 members (excludes halogenated alkanes) is 32. The molecule has 0 spiro atoms. The molecule has 0 aromatic carbocycles. The van der Waals surface area contributed by atoms with Gasteiger partial charge in [-0.05, 0) is 70.6 Å². The minimum absolute atomic E-state index is 0.0459. The normalized spacial score (nSPS) is 19.1. The number of esters is 1. The first kappa shape index (κ1) is 71.4. The first-order chi connectivity index (χ1) is 37.2. The van der Waals surface area contributed by atoms with Crippen molar-refractivity contribution < 1.29 is 49.3 Å². The highest BCUT2D eigenvalue weighted by atomic mass is 16.7. The number of carbonyl (C=O) groups is 2. The number of ether oxygens (including phenoxy) is 3. The van der Waals surface area contributed by atoms with E-state index in [0.29, 0.717) is 19.4 Å². The lowest BCUT2D eigenvalue weighted by atomic mass is 9.99. The van der Waals surface area contributed by atoms with Crippen LogP contribution in [0.2, 0.25) is 0 Å². The summed E-state index contributed by atoms with van der Waals surface area (Å²) < 4.78 is 16.6. The van der Waals surface area contributed by atoms with Crippen LogP contribution < -0.4 is 5.32 Å². The van der Waals surface area contributed by atoms with E-state index in [1.165, 1.54) is 161 Å². The van der Waals surface area contributed by atoms with Crippen molar-refractivity contribution in [3.8, 4) is 0 Å². The smallest absolute Gasteiger partial charge is 0.305 e. The van der Waals surface area contributed by atoms with Gasteiger partial charge in [-0.1, -0.05) is 254 Å². The Bertz CT molecular complexity index is 1450. The molecule has 11 heteroatoms. The minimum atomic E-state index is -1.58. The molecule has 0 aromatic heterocycles. The van der Waals surface area contributed by atoms with Gasteiger partial charge in [-0.15, -0.1) is 0 Å². The van der Waals surface area contributed by atoms with Crippen LogP contribution in [0, 0.1) is 0 Å². The van der Waals surface area contributed by atoms with E-state index < -0.39 is 49.5 Å². The highest BCUT2D eigenvalue weighted by Crippen LogP contribution is 2.23. The Kier molecular flexibility index (Phi) is 51.0. The first-order valence-corrected chi connectivity index (χ1v) is 31.6. The van der Waals surface area contributed by atoms with Crippen molar-refractivity contribution in [1.82, 2.24) is 5.32 Å². The predicted octanol–water partition coefficient (Wildman–Crippen LogP) is 15.0. The number of amides is 1. The molecule has 6 N–H and O–H groups in total. The topological polar surface area (TPSA) is 175 Å². The summed E-state index contributed by atoms with van der Waals surface area (Å²) in [7, 11) is 0. The van der Waals surface area contributed by atoms with Gasteiger partial charge >= 0.3 is 5.97 Å². The second-order valence-electron chi connectivity index (χ2n) is 21.7. The van der Waals surface area contributed by atoms with Gasteiger partial charge in [0.25, 0.3) is 0 Å². The van der Waals surface area contributed by atoms with Gasteiger partial charge in [-0.25, -0.2) is 0 Å². The summed E-state index contributed by atoms with van der Waals surface area (Å²) in [6.07, 6.45) is 60.8. The number of allylic oxidation sites excluding steroid dienone is 8. The van der Waals surface area contributed by atoms with Crippen LogP contribution in [0.5, 0.6) is 0 Å². The molecule has 1 aliphatic heterocycles. The van der Waals surface area contributed by atoms with Crippen molar-refractivity contribution in [3.05, 3.63) is 60.8 Å². The van der Waals surface area contributed by atoms with Gasteiger partial charge in [-0.3, -0.25) is 9.59 Å². The molecule has 11 nitrogen and oxygen atoms in total. The Morgan fingerprint density at radius 3 is 1.43 bits per heavy atom. The highest BCUT2D eigenvalue weighted by Gasteiger charge is 2.44. The van der Waals surface area contributed by atoms with Crippen LogP contribution >= 0.6 is 0 Å².